The number of nitrogens with zero attached hydrogens (tertiary/aromatic N) is 4. The molecule has 0 atom stereocenters. The van der Waals surface area contributed by atoms with E-state index in [0.717, 1.165) is 27.2 Å². The van der Waals surface area contributed by atoms with Gasteiger partial charge in [-0.15, -0.1) is 0 Å². The van der Waals surface area contributed by atoms with Gasteiger partial charge in [0.2, 0.25) is 0 Å². The Morgan fingerprint density at radius 3 is 2.92 bits per heavy atom. The molecule has 1 aromatic carbocycles. The van der Waals surface area contributed by atoms with Gasteiger partial charge in [-0.2, -0.15) is 0 Å². The van der Waals surface area contributed by atoms with Gasteiger partial charge in [-0.3, -0.25) is 10.3 Å². The van der Waals surface area contributed by atoms with Crippen molar-refractivity contribution in [3.8, 4) is 16.9 Å². The Balaban J connectivity index is 1.86. The number of imidazole rings is 1. The summed E-state index contributed by atoms with van der Waals surface area (Å²) in [5.74, 6) is 0. The smallest absolute Gasteiger partial charge is 0.321 e. The van der Waals surface area contributed by atoms with Crippen LogP contribution in [0.5, 0.6) is 0 Å². The van der Waals surface area contributed by atoms with E-state index in [9.17, 15) is 4.79 Å². The second-order valence-corrected chi connectivity index (χ2v) is 6.53. The average Bonchev–Trinajstić information content (AvgIpc) is 3.31. The Morgan fingerprint density at radius 2 is 2.19 bits per heavy atom. The predicted molar refractivity (Wildman–Crippen MR) is 103 cm³/mol. The lowest BCUT2D eigenvalue weighted by molar-refractivity contribution is 0.252. The Labute approximate surface area is 153 Å². The van der Waals surface area contributed by atoms with Crippen LogP contribution in [0.3, 0.4) is 0 Å². The summed E-state index contributed by atoms with van der Waals surface area (Å²) >= 11 is 1.43. The molecule has 7 nitrogen and oxygen atoms in total. The molecule has 2 N–H and O–H groups in total. The predicted octanol–water partition coefficient (Wildman–Crippen LogP) is 3.69. The first-order chi connectivity index (χ1) is 12.7. The topological polar surface area (TPSA) is 84.7 Å². The third-order valence-corrected chi connectivity index (χ3v) is 4.80. The van der Waals surface area contributed by atoms with Gasteiger partial charge in [0, 0.05) is 36.4 Å². The monoisotopic (exact) mass is 364 g/mol. The number of urea groups is 1. The van der Waals surface area contributed by atoms with Crippen LogP contribution in [0, 0.1) is 0 Å². The van der Waals surface area contributed by atoms with Gasteiger partial charge in [-0.25, -0.2) is 14.8 Å². The van der Waals surface area contributed by atoms with E-state index >= 15 is 0 Å². The number of carbonyl (C=O) groups excluding carboxylic acids is 1. The van der Waals surface area contributed by atoms with Crippen LogP contribution in [0.25, 0.3) is 27.2 Å². The molecule has 0 aliphatic carbocycles. The molecule has 4 rings (SSSR count). The van der Waals surface area contributed by atoms with Crippen molar-refractivity contribution in [2.45, 2.75) is 6.92 Å². The van der Waals surface area contributed by atoms with Crippen molar-refractivity contribution < 1.29 is 4.79 Å². The maximum atomic E-state index is 11.8. The Hall–Kier alpha value is -3.26. The van der Waals surface area contributed by atoms with Crippen LogP contribution in [-0.4, -0.2) is 32.1 Å². The van der Waals surface area contributed by atoms with Gasteiger partial charge in [0.25, 0.3) is 0 Å². The molecule has 0 aliphatic heterocycles. The van der Waals surface area contributed by atoms with Crippen LogP contribution in [0.4, 0.5) is 9.93 Å². The number of amides is 2. The number of aromatic nitrogens is 4. The second kappa shape index (κ2) is 6.93. The Bertz CT molecular complexity index is 1040. The number of rotatable bonds is 4. The molecule has 3 heterocycles. The van der Waals surface area contributed by atoms with Crippen molar-refractivity contribution in [3.05, 3.63) is 55.2 Å². The summed E-state index contributed by atoms with van der Waals surface area (Å²) in [5.41, 5.74) is 3.56. The number of pyridine rings is 1. The summed E-state index contributed by atoms with van der Waals surface area (Å²) in [5, 5.41) is 6.04. The van der Waals surface area contributed by atoms with Crippen molar-refractivity contribution in [1.29, 1.82) is 0 Å². The zero-order valence-electron chi connectivity index (χ0n) is 14.0. The molecule has 0 fully saturated rings. The lowest BCUT2D eigenvalue weighted by Gasteiger charge is -2.07. The van der Waals surface area contributed by atoms with E-state index in [2.05, 4.69) is 31.7 Å². The SMILES string of the molecule is CCNC(=O)Nc1nc2cc(-n3ccnc3)cc(-c3ccccn3)c2s1. The minimum Gasteiger partial charge on any atom is -0.338 e. The van der Waals surface area contributed by atoms with Crippen molar-refractivity contribution in [3.63, 3.8) is 0 Å². The zero-order valence-corrected chi connectivity index (χ0v) is 14.8. The minimum absolute atomic E-state index is 0.263. The fourth-order valence-electron chi connectivity index (χ4n) is 2.65. The molecule has 3 aromatic heterocycles. The molecule has 0 spiro atoms. The first kappa shape index (κ1) is 16.2. The van der Waals surface area contributed by atoms with Crippen LogP contribution < -0.4 is 10.6 Å². The van der Waals surface area contributed by atoms with E-state index < -0.39 is 0 Å². The number of fused-ring (bicyclic) bond motifs is 1. The number of carbonyl (C=O) groups is 1. The Morgan fingerprint density at radius 1 is 1.27 bits per heavy atom. The molecule has 0 saturated heterocycles. The van der Waals surface area contributed by atoms with Crippen molar-refractivity contribution in [1.82, 2.24) is 24.8 Å². The largest absolute Gasteiger partial charge is 0.338 e. The van der Waals surface area contributed by atoms with Crippen molar-refractivity contribution >= 4 is 32.7 Å². The van der Waals surface area contributed by atoms with Crippen molar-refractivity contribution in [2.75, 3.05) is 11.9 Å². The van der Waals surface area contributed by atoms with Gasteiger partial charge in [0.15, 0.2) is 5.13 Å². The average molecular weight is 364 g/mol. The Kier molecular flexibility index (Phi) is 4.32. The van der Waals surface area contributed by atoms with Crippen LogP contribution in [0.15, 0.2) is 55.2 Å². The molecule has 0 saturated carbocycles. The molecule has 0 unspecified atom stereocenters. The lowest BCUT2D eigenvalue weighted by atomic mass is 10.1. The molecule has 0 radical (unpaired) electrons. The van der Waals surface area contributed by atoms with Crippen LogP contribution in [-0.2, 0) is 0 Å². The third kappa shape index (κ3) is 3.14. The van der Waals surface area contributed by atoms with Crippen molar-refractivity contribution in [2.24, 2.45) is 0 Å². The van der Waals surface area contributed by atoms with Crippen LogP contribution in [0.1, 0.15) is 6.92 Å². The molecule has 0 bridgehead atoms. The molecular weight excluding hydrogens is 348 g/mol. The van der Waals surface area contributed by atoms with Crippen LogP contribution in [0.2, 0.25) is 0 Å². The number of hydrogen-bond donors (Lipinski definition) is 2. The highest BCUT2D eigenvalue weighted by molar-refractivity contribution is 7.22. The third-order valence-electron chi connectivity index (χ3n) is 3.78. The molecule has 130 valence electrons. The minimum atomic E-state index is -0.263. The van der Waals surface area contributed by atoms with E-state index in [1.54, 1.807) is 18.7 Å². The molecule has 0 aliphatic rings. The van der Waals surface area contributed by atoms with Gasteiger partial charge in [0.1, 0.15) is 0 Å². The quantitative estimate of drug-likeness (QED) is 0.578. The molecule has 2 amide bonds. The second-order valence-electron chi connectivity index (χ2n) is 5.53. The van der Waals surface area contributed by atoms with E-state index in [0.29, 0.717) is 11.7 Å². The summed E-state index contributed by atoms with van der Waals surface area (Å²) in [7, 11) is 0. The first-order valence-electron chi connectivity index (χ1n) is 8.14. The van der Waals surface area contributed by atoms with Gasteiger partial charge < -0.3 is 9.88 Å². The molecule has 4 aromatic rings. The van der Waals surface area contributed by atoms with Crippen LogP contribution >= 0.6 is 11.3 Å². The highest BCUT2D eigenvalue weighted by Gasteiger charge is 2.14. The van der Waals surface area contributed by atoms with E-state index in [-0.39, 0.29) is 6.03 Å². The molecule has 8 heteroatoms. The van der Waals surface area contributed by atoms with E-state index in [1.807, 2.05) is 42.0 Å². The highest BCUT2D eigenvalue weighted by Crippen LogP contribution is 2.36. The maximum absolute atomic E-state index is 11.8. The van der Waals surface area contributed by atoms with Gasteiger partial charge >= 0.3 is 6.03 Å². The number of thiazole rings is 1. The first-order valence-corrected chi connectivity index (χ1v) is 8.95. The lowest BCUT2D eigenvalue weighted by Crippen LogP contribution is -2.28. The fourth-order valence-corrected chi connectivity index (χ4v) is 3.61. The number of nitrogens with one attached hydrogen (secondary N) is 2. The number of benzene rings is 1. The van der Waals surface area contributed by atoms with E-state index in [4.69, 9.17) is 0 Å². The summed E-state index contributed by atoms with van der Waals surface area (Å²) in [6, 6.07) is 9.56. The van der Waals surface area contributed by atoms with Gasteiger partial charge in [0.05, 0.1) is 22.2 Å². The fraction of sp³-hybridized carbons (Fsp3) is 0.111. The zero-order chi connectivity index (χ0) is 17.9. The summed E-state index contributed by atoms with van der Waals surface area (Å²) < 4.78 is 2.89. The molecular formula is C18H16N6OS. The maximum Gasteiger partial charge on any atom is 0.321 e. The normalized spacial score (nSPS) is 10.8. The molecule has 26 heavy (non-hydrogen) atoms. The summed E-state index contributed by atoms with van der Waals surface area (Å²) in [6.45, 7) is 2.43. The van der Waals surface area contributed by atoms with Gasteiger partial charge in [-0.05, 0) is 31.2 Å². The highest BCUT2D eigenvalue weighted by atomic mass is 32.1. The summed E-state index contributed by atoms with van der Waals surface area (Å²) in [4.78, 5) is 25.0. The van der Waals surface area contributed by atoms with E-state index in [1.165, 1.54) is 11.3 Å². The summed E-state index contributed by atoms with van der Waals surface area (Å²) in [6.07, 6.45) is 7.11. The number of anilines is 1. The standard InChI is InChI=1S/C18H16N6OS/c1-2-20-17(25)23-18-22-15-10-12(24-8-7-19-11-24)9-13(16(15)26-18)14-5-3-4-6-21-14/h3-11H,2H2,1H3,(H2,20,22,23,25). The number of hydrogen-bond acceptors (Lipinski definition) is 5. The van der Waals surface area contributed by atoms with Gasteiger partial charge in [-0.1, -0.05) is 17.4 Å².